The van der Waals surface area contributed by atoms with Gasteiger partial charge in [0.25, 0.3) is 0 Å². The fourth-order valence-corrected chi connectivity index (χ4v) is 2.82. The molecule has 2 rings (SSSR count). The fraction of sp³-hybridized carbons (Fsp3) is 0.562. The molecule has 0 aliphatic heterocycles. The Kier molecular flexibility index (Phi) is 5.23. The highest BCUT2D eigenvalue weighted by Crippen LogP contribution is 2.30. The summed E-state index contributed by atoms with van der Waals surface area (Å²) in [5.41, 5.74) is 1.13. The number of nitrogens with zero attached hydrogens (tertiary/aromatic N) is 1. The minimum atomic E-state index is 0.108. The molecule has 2 unspecified atom stereocenters. The van der Waals surface area contributed by atoms with Crippen molar-refractivity contribution < 1.29 is 4.74 Å². The maximum atomic E-state index is 8.58. The average molecular weight is 258 g/mol. The van der Waals surface area contributed by atoms with Crippen molar-refractivity contribution in [3.8, 4) is 11.8 Å². The molecule has 1 aliphatic rings. The van der Waals surface area contributed by atoms with Crippen LogP contribution in [0.15, 0.2) is 24.3 Å². The van der Waals surface area contributed by atoms with E-state index >= 15 is 0 Å². The summed E-state index contributed by atoms with van der Waals surface area (Å²) in [6.45, 7) is 4.35. The van der Waals surface area contributed by atoms with Crippen molar-refractivity contribution in [1.29, 1.82) is 5.26 Å². The van der Waals surface area contributed by atoms with Gasteiger partial charge in [-0.1, -0.05) is 38.0 Å². The fourth-order valence-electron chi connectivity index (χ4n) is 2.82. The molecule has 0 bridgehead atoms. The topological polar surface area (TPSA) is 45.0 Å². The predicted molar refractivity (Wildman–Crippen MR) is 75.8 cm³/mol. The molecule has 0 spiro atoms. The second-order valence-corrected chi connectivity index (χ2v) is 5.35. The molecule has 2 atom stereocenters. The quantitative estimate of drug-likeness (QED) is 0.852. The first kappa shape index (κ1) is 13.9. The van der Waals surface area contributed by atoms with Gasteiger partial charge in [-0.05, 0) is 30.9 Å². The smallest absolute Gasteiger partial charge is 0.174 e. The van der Waals surface area contributed by atoms with Gasteiger partial charge in [0.2, 0.25) is 0 Å². The third kappa shape index (κ3) is 3.97. The molecule has 0 radical (unpaired) electrons. The van der Waals surface area contributed by atoms with E-state index in [1.807, 2.05) is 24.3 Å². The number of hydrogen-bond acceptors (Lipinski definition) is 3. The van der Waals surface area contributed by atoms with E-state index in [1.165, 1.54) is 19.3 Å². The van der Waals surface area contributed by atoms with Gasteiger partial charge in [0.15, 0.2) is 6.61 Å². The molecule has 0 aromatic heterocycles. The maximum Gasteiger partial charge on any atom is 0.174 e. The van der Waals surface area contributed by atoms with Crippen LogP contribution < -0.4 is 10.1 Å². The first-order valence-corrected chi connectivity index (χ1v) is 7.09. The van der Waals surface area contributed by atoms with Crippen molar-refractivity contribution >= 4 is 0 Å². The van der Waals surface area contributed by atoms with E-state index in [0.29, 0.717) is 0 Å². The normalized spacial score (nSPS) is 22.1. The maximum absolute atomic E-state index is 8.58. The first-order chi connectivity index (χ1) is 9.31. The molecule has 1 saturated carbocycles. The summed E-state index contributed by atoms with van der Waals surface area (Å²) in [6.07, 6.45) is 4.09. The Morgan fingerprint density at radius 1 is 1.37 bits per heavy atom. The predicted octanol–water partition coefficient (Wildman–Crippen LogP) is 3.11. The van der Waals surface area contributed by atoms with E-state index in [4.69, 9.17) is 10.00 Å². The molecule has 1 aliphatic carbocycles. The largest absolute Gasteiger partial charge is 0.478 e. The monoisotopic (exact) mass is 258 g/mol. The lowest BCUT2D eigenvalue weighted by molar-refractivity contribution is 0.358. The van der Waals surface area contributed by atoms with Crippen LogP contribution in [-0.4, -0.2) is 13.2 Å². The Morgan fingerprint density at radius 3 is 2.95 bits per heavy atom. The van der Waals surface area contributed by atoms with E-state index in [-0.39, 0.29) is 6.61 Å². The van der Waals surface area contributed by atoms with Crippen molar-refractivity contribution in [2.75, 3.05) is 13.2 Å². The minimum Gasteiger partial charge on any atom is -0.478 e. The highest BCUT2D eigenvalue weighted by molar-refractivity contribution is 5.33. The van der Waals surface area contributed by atoms with E-state index in [1.54, 1.807) is 0 Å². The molecule has 1 aromatic rings. The molecule has 3 heteroatoms. The molecule has 102 valence electrons. The molecule has 1 N–H and O–H groups in total. The van der Waals surface area contributed by atoms with Gasteiger partial charge in [0, 0.05) is 12.1 Å². The van der Waals surface area contributed by atoms with Gasteiger partial charge >= 0.3 is 0 Å². The number of rotatable bonds is 6. The molecule has 0 amide bonds. The molecule has 19 heavy (non-hydrogen) atoms. The zero-order chi connectivity index (χ0) is 13.5. The Labute approximate surface area is 115 Å². The molecule has 3 nitrogen and oxygen atoms in total. The van der Waals surface area contributed by atoms with Crippen LogP contribution in [0.5, 0.6) is 5.75 Å². The van der Waals surface area contributed by atoms with Crippen molar-refractivity contribution in [2.45, 2.75) is 32.7 Å². The number of nitriles is 1. The lowest BCUT2D eigenvalue weighted by Crippen LogP contribution is -2.24. The van der Waals surface area contributed by atoms with E-state index < -0.39 is 0 Å². The summed E-state index contributed by atoms with van der Waals surface area (Å²) in [7, 11) is 0. The van der Waals surface area contributed by atoms with Gasteiger partial charge < -0.3 is 10.1 Å². The Bertz CT molecular complexity index is 439. The summed E-state index contributed by atoms with van der Waals surface area (Å²) < 4.78 is 5.43. The summed E-state index contributed by atoms with van der Waals surface area (Å²) in [4.78, 5) is 0. The zero-order valence-electron chi connectivity index (χ0n) is 11.6. The van der Waals surface area contributed by atoms with Gasteiger partial charge in [-0.2, -0.15) is 5.26 Å². The molecule has 1 fully saturated rings. The second-order valence-electron chi connectivity index (χ2n) is 5.35. The van der Waals surface area contributed by atoms with Gasteiger partial charge in [-0.3, -0.25) is 0 Å². The lowest BCUT2D eigenvalue weighted by atomic mass is 9.98. The van der Waals surface area contributed by atoms with Crippen molar-refractivity contribution in [2.24, 2.45) is 11.8 Å². The average Bonchev–Trinajstić information content (AvgIpc) is 2.83. The molecular weight excluding hydrogens is 236 g/mol. The molecule has 0 saturated heterocycles. The second kappa shape index (κ2) is 7.16. The van der Waals surface area contributed by atoms with Crippen LogP contribution in [-0.2, 0) is 6.54 Å². The van der Waals surface area contributed by atoms with Gasteiger partial charge in [0.05, 0.1) is 0 Å². The highest BCUT2D eigenvalue weighted by atomic mass is 16.5. The van der Waals surface area contributed by atoms with E-state index in [2.05, 4.69) is 18.3 Å². The third-order valence-electron chi connectivity index (χ3n) is 4.03. The van der Waals surface area contributed by atoms with Crippen molar-refractivity contribution in [3.63, 3.8) is 0 Å². The number of ether oxygens (including phenoxy) is 1. The van der Waals surface area contributed by atoms with Crippen LogP contribution in [0.3, 0.4) is 0 Å². The van der Waals surface area contributed by atoms with Crippen LogP contribution in [0.2, 0.25) is 0 Å². The number of hydrogen-bond donors (Lipinski definition) is 1. The van der Waals surface area contributed by atoms with Gasteiger partial charge in [0.1, 0.15) is 11.8 Å². The summed E-state index contributed by atoms with van der Waals surface area (Å²) in [6, 6.07) is 9.93. The van der Waals surface area contributed by atoms with E-state index in [9.17, 15) is 0 Å². The highest BCUT2D eigenvalue weighted by Gasteiger charge is 2.22. The SMILES string of the molecule is CC1CCCC1CNCc1ccccc1OCC#N. The molecule has 0 heterocycles. The molecular formula is C16H22N2O. The molecule has 1 aromatic carbocycles. The third-order valence-corrected chi connectivity index (χ3v) is 4.03. The number of benzene rings is 1. The van der Waals surface area contributed by atoms with Crippen LogP contribution in [0.4, 0.5) is 0 Å². The minimum absolute atomic E-state index is 0.108. The van der Waals surface area contributed by atoms with Crippen LogP contribution >= 0.6 is 0 Å². The van der Waals surface area contributed by atoms with Crippen LogP contribution in [0.1, 0.15) is 31.7 Å². The Morgan fingerprint density at radius 2 is 2.21 bits per heavy atom. The van der Waals surface area contributed by atoms with Crippen LogP contribution in [0, 0.1) is 23.2 Å². The van der Waals surface area contributed by atoms with Crippen LogP contribution in [0.25, 0.3) is 0 Å². The zero-order valence-corrected chi connectivity index (χ0v) is 11.6. The first-order valence-electron chi connectivity index (χ1n) is 7.09. The van der Waals surface area contributed by atoms with Crippen molar-refractivity contribution in [3.05, 3.63) is 29.8 Å². The summed E-state index contributed by atoms with van der Waals surface area (Å²) in [5.74, 6) is 2.47. The Hall–Kier alpha value is -1.53. The standard InChI is InChI=1S/C16H22N2O/c1-13-5-4-7-14(13)11-18-12-15-6-2-3-8-16(15)19-10-9-17/h2-3,6,8,13-14,18H,4-5,7,10-12H2,1H3. The summed E-state index contributed by atoms with van der Waals surface area (Å²) >= 11 is 0. The Balaban J connectivity index is 1.83. The summed E-state index contributed by atoms with van der Waals surface area (Å²) in [5, 5.41) is 12.1. The van der Waals surface area contributed by atoms with Gasteiger partial charge in [-0.15, -0.1) is 0 Å². The lowest BCUT2D eigenvalue weighted by Gasteiger charge is -2.16. The number of para-hydroxylation sites is 1. The number of nitrogens with one attached hydrogen (secondary N) is 1. The van der Waals surface area contributed by atoms with E-state index in [0.717, 1.165) is 36.2 Å². The van der Waals surface area contributed by atoms with Gasteiger partial charge in [-0.25, -0.2) is 0 Å². The van der Waals surface area contributed by atoms with Crippen molar-refractivity contribution in [1.82, 2.24) is 5.32 Å².